The highest BCUT2D eigenvalue weighted by Crippen LogP contribution is 2.04. The van der Waals surface area contributed by atoms with E-state index in [9.17, 15) is 4.79 Å². The van der Waals surface area contributed by atoms with Gasteiger partial charge in [-0.05, 0) is 14.0 Å². The number of rotatable bonds is 3. The van der Waals surface area contributed by atoms with Gasteiger partial charge in [0.2, 0.25) is 0 Å². The van der Waals surface area contributed by atoms with Crippen LogP contribution in [0.2, 0.25) is 0 Å². The van der Waals surface area contributed by atoms with Crippen molar-refractivity contribution >= 4 is 5.91 Å². The minimum atomic E-state index is -0.170. The molecule has 0 spiro atoms. The molecule has 1 amide bonds. The average Bonchev–Trinajstić information content (AvgIpc) is 2.30. The van der Waals surface area contributed by atoms with E-state index in [1.807, 2.05) is 20.0 Å². The summed E-state index contributed by atoms with van der Waals surface area (Å²) >= 11 is 0. The molecule has 0 saturated carbocycles. The molecule has 0 bridgehead atoms. The first-order chi connectivity index (χ1) is 7.69. The smallest absolute Gasteiger partial charge is 0.266 e. The molecule has 1 N–H and O–H groups in total. The summed E-state index contributed by atoms with van der Waals surface area (Å²) in [7, 11) is 2.03. The summed E-state index contributed by atoms with van der Waals surface area (Å²) < 4.78 is 0. The molecule has 0 aromatic carbocycles. The van der Waals surface area contributed by atoms with Crippen molar-refractivity contribution in [1.29, 1.82) is 5.26 Å². The quantitative estimate of drug-likeness (QED) is 0.529. The van der Waals surface area contributed by atoms with Crippen molar-refractivity contribution in [2.45, 2.75) is 6.92 Å². The average molecular weight is 222 g/mol. The number of carbonyl (C=O) groups excluding carboxylic acids is 1. The molecule has 88 valence electrons. The van der Waals surface area contributed by atoms with Gasteiger partial charge in [-0.25, -0.2) is 0 Å². The second kappa shape index (κ2) is 6.13. The Hall–Kier alpha value is -1.54. The Labute approximate surface area is 96.3 Å². The summed E-state index contributed by atoms with van der Waals surface area (Å²) in [6, 6.07) is 1.94. The largest absolute Gasteiger partial charge is 0.390 e. The van der Waals surface area contributed by atoms with E-state index in [0.717, 1.165) is 13.1 Å². The van der Waals surface area contributed by atoms with Crippen LogP contribution in [-0.2, 0) is 4.79 Å². The Morgan fingerprint density at radius 3 is 2.56 bits per heavy atom. The van der Waals surface area contributed by atoms with Crippen LogP contribution in [0.1, 0.15) is 6.92 Å². The molecular formula is C11H18N4O. The van der Waals surface area contributed by atoms with Crippen LogP contribution in [0.5, 0.6) is 0 Å². The first-order valence-electron chi connectivity index (χ1n) is 5.50. The minimum Gasteiger partial charge on any atom is -0.390 e. The molecule has 1 aliphatic heterocycles. The third-order valence-electron chi connectivity index (χ3n) is 2.59. The Morgan fingerprint density at radius 1 is 1.44 bits per heavy atom. The fraction of sp³-hybridized carbons (Fsp3) is 0.636. The molecule has 0 aliphatic carbocycles. The lowest BCUT2D eigenvalue weighted by Gasteiger charge is -2.32. The number of hydrogen-bond acceptors (Lipinski definition) is 4. The lowest BCUT2D eigenvalue weighted by molar-refractivity contribution is -0.128. The lowest BCUT2D eigenvalue weighted by Crippen LogP contribution is -2.47. The van der Waals surface area contributed by atoms with Crippen molar-refractivity contribution in [2.24, 2.45) is 0 Å². The summed E-state index contributed by atoms with van der Waals surface area (Å²) in [5, 5.41) is 11.8. The van der Waals surface area contributed by atoms with Crippen molar-refractivity contribution in [2.75, 3.05) is 39.8 Å². The SMILES string of the molecule is CCN/C=C(/C#N)C(=O)N1CCN(C)CC1. The Bertz CT molecular complexity index is 310. The molecule has 0 radical (unpaired) electrons. The molecule has 1 fully saturated rings. The summed E-state index contributed by atoms with van der Waals surface area (Å²) in [5.74, 6) is -0.170. The molecule has 1 heterocycles. The Balaban J connectivity index is 2.59. The van der Waals surface area contributed by atoms with E-state index in [-0.39, 0.29) is 11.5 Å². The van der Waals surface area contributed by atoms with Crippen LogP contribution in [0, 0.1) is 11.3 Å². The normalized spacial score (nSPS) is 18.1. The molecule has 0 atom stereocenters. The fourth-order valence-corrected chi connectivity index (χ4v) is 1.53. The molecule has 0 aromatic rings. The van der Waals surface area contributed by atoms with E-state index in [2.05, 4.69) is 10.2 Å². The maximum Gasteiger partial charge on any atom is 0.266 e. The van der Waals surface area contributed by atoms with Crippen LogP contribution in [0.3, 0.4) is 0 Å². The van der Waals surface area contributed by atoms with Gasteiger partial charge in [0.1, 0.15) is 11.6 Å². The van der Waals surface area contributed by atoms with E-state index >= 15 is 0 Å². The second-order valence-corrected chi connectivity index (χ2v) is 3.82. The topological polar surface area (TPSA) is 59.4 Å². The lowest BCUT2D eigenvalue weighted by atomic mass is 10.2. The van der Waals surface area contributed by atoms with Crippen LogP contribution in [0.15, 0.2) is 11.8 Å². The van der Waals surface area contributed by atoms with Crippen molar-refractivity contribution in [1.82, 2.24) is 15.1 Å². The van der Waals surface area contributed by atoms with E-state index in [0.29, 0.717) is 19.6 Å². The van der Waals surface area contributed by atoms with Crippen LogP contribution in [-0.4, -0.2) is 55.5 Å². The molecular weight excluding hydrogens is 204 g/mol. The molecule has 0 unspecified atom stereocenters. The molecule has 16 heavy (non-hydrogen) atoms. The van der Waals surface area contributed by atoms with Gasteiger partial charge in [0, 0.05) is 38.9 Å². The zero-order valence-electron chi connectivity index (χ0n) is 9.86. The summed E-state index contributed by atoms with van der Waals surface area (Å²) in [5.41, 5.74) is 0.186. The Morgan fingerprint density at radius 2 is 2.06 bits per heavy atom. The van der Waals surface area contributed by atoms with Gasteiger partial charge in [-0.15, -0.1) is 0 Å². The third kappa shape index (κ3) is 3.24. The number of piperazine rings is 1. The van der Waals surface area contributed by atoms with Gasteiger partial charge in [-0.3, -0.25) is 4.79 Å². The highest BCUT2D eigenvalue weighted by molar-refractivity contribution is 5.97. The summed E-state index contributed by atoms with van der Waals surface area (Å²) in [6.45, 7) is 5.76. The van der Waals surface area contributed by atoms with Gasteiger partial charge in [0.05, 0.1) is 0 Å². The first kappa shape index (κ1) is 12.5. The maximum absolute atomic E-state index is 11.9. The molecule has 1 aliphatic rings. The number of carbonyl (C=O) groups is 1. The second-order valence-electron chi connectivity index (χ2n) is 3.82. The number of nitriles is 1. The van der Waals surface area contributed by atoms with Gasteiger partial charge in [-0.2, -0.15) is 5.26 Å². The molecule has 5 nitrogen and oxygen atoms in total. The molecule has 1 rings (SSSR count). The van der Waals surface area contributed by atoms with Crippen LogP contribution < -0.4 is 5.32 Å². The van der Waals surface area contributed by atoms with Crippen molar-refractivity contribution in [3.63, 3.8) is 0 Å². The van der Waals surface area contributed by atoms with Crippen LogP contribution in [0.25, 0.3) is 0 Å². The van der Waals surface area contributed by atoms with Crippen LogP contribution in [0.4, 0.5) is 0 Å². The van der Waals surface area contributed by atoms with Crippen LogP contribution >= 0.6 is 0 Å². The van der Waals surface area contributed by atoms with Gasteiger partial charge >= 0.3 is 0 Å². The van der Waals surface area contributed by atoms with Gasteiger partial charge < -0.3 is 15.1 Å². The number of nitrogens with zero attached hydrogens (tertiary/aromatic N) is 3. The minimum absolute atomic E-state index is 0.170. The van der Waals surface area contributed by atoms with Crippen molar-refractivity contribution < 1.29 is 4.79 Å². The first-order valence-corrected chi connectivity index (χ1v) is 5.50. The zero-order chi connectivity index (χ0) is 12.0. The number of hydrogen-bond donors (Lipinski definition) is 1. The summed E-state index contributed by atoms with van der Waals surface area (Å²) in [6.07, 6.45) is 1.50. The maximum atomic E-state index is 11.9. The highest BCUT2D eigenvalue weighted by atomic mass is 16.2. The monoisotopic (exact) mass is 222 g/mol. The zero-order valence-corrected chi connectivity index (χ0v) is 9.86. The van der Waals surface area contributed by atoms with Gasteiger partial charge in [0.15, 0.2) is 0 Å². The highest BCUT2D eigenvalue weighted by Gasteiger charge is 2.21. The Kier molecular flexibility index (Phi) is 4.80. The number of nitrogens with one attached hydrogen (secondary N) is 1. The molecule has 5 heteroatoms. The standard InChI is InChI=1S/C11H18N4O/c1-3-13-9-10(8-12)11(16)15-6-4-14(2)5-7-15/h9,13H,3-7H2,1-2H3/b10-9-. The third-order valence-corrected chi connectivity index (χ3v) is 2.59. The molecule has 1 saturated heterocycles. The number of amides is 1. The van der Waals surface area contributed by atoms with Crippen molar-refractivity contribution in [3.8, 4) is 6.07 Å². The number of likely N-dealkylation sites (N-methyl/N-ethyl adjacent to an activating group) is 1. The van der Waals surface area contributed by atoms with Gasteiger partial charge in [0.25, 0.3) is 5.91 Å². The predicted molar refractivity (Wildman–Crippen MR) is 61.4 cm³/mol. The fourth-order valence-electron chi connectivity index (χ4n) is 1.53. The van der Waals surface area contributed by atoms with Gasteiger partial charge in [-0.1, -0.05) is 0 Å². The van der Waals surface area contributed by atoms with E-state index < -0.39 is 0 Å². The predicted octanol–water partition coefficient (Wildman–Crippen LogP) is -0.223. The van der Waals surface area contributed by atoms with Crippen molar-refractivity contribution in [3.05, 3.63) is 11.8 Å². The molecule has 0 aromatic heterocycles. The van der Waals surface area contributed by atoms with E-state index in [1.165, 1.54) is 6.20 Å². The van der Waals surface area contributed by atoms with E-state index in [1.54, 1.807) is 4.90 Å². The summed E-state index contributed by atoms with van der Waals surface area (Å²) in [4.78, 5) is 15.8. The van der Waals surface area contributed by atoms with E-state index in [4.69, 9.17) is 5.26 Å².